The Morgan fingerprint density at radius 3 is 2.47 bits per heavy atom. The average Bonchev–Trinajstić information content (AvgIpc) is 3.00. The first-order valence-electron chi connectivity index (χ1n) is 9.97. The number of rotatable bonds is 6. The number of allylic oxidation sites excluding steroid dienone is 1. The van der Waals surface area contributed by atoms with Crippen LogP contribution in [0.1, 0.15) is 52.6 Å². The highest BCUT2D eigenvalue weighted by Gasteiger charge is 2.47. The van der Waals surface area contributed by atoms with Gasteiger partial charge in [0.05, 0.1) is 29.2 Å². The van der Waals surface area contributed by atoms with Gasteiger partial charge in [-0.1, -0.05) is 44.7 Å². The highest BCUT2D eigenvalue weighted by Crippen LogP contribution is 2.44. The van der Waals surface area contributed by atoms with Crippen LogP contribution in [0, 0.1) is 5.92 Å². The van der Waals surface area contributed by atoms with Gasteiger partial charge in [-0.05, 0) is 37.0 Å². The van der Waals surface area contributed by atoms with E-state index in [0.717, 1.165) is 5.56 Å². The fourth-order valence-electron chi connectivity index (χ4n) is 3.37. The van der Waals surface area contributed by atoms with Crippen LogP contribution < -0.4 is 4.74 Å². The molecule has 0 aliphatic carbocycles. The molecule has 2 atom stereocenters. The lowest BCUT2D eigenvalue weighted by Crippen LogP contribution is -2.40. The van der Waals surface area contributed by atoms with Crippen LogP contribution >= 0.6 is 11.8 Å². The number of fused-ring (bicyclic) bond motifs is 1. The van der Waals surface area contributed by atoms with Crippen LogP contribution in [0.3, 0.4) is 0 Å². The summed E-state index contributed by atoms with van der Waals surface area (Å²) >= 11 is 1.42. The first kappa shape index (κ1) is 22.1. The summed E-state index contributed by atoms with van der Waals surface area (Å²) < 4.78 is 10.6. The summed E-state index contributed by atoms with van der Waals surface area (Å²) in [5.74, 6) is -0.380. The van der Waals surface area contributed by atoms with E-state index in [2.05, 4.69) is 4.99 Å². The lowest BCUT2D eigenvalue weighted by molar-refractivity contribution is -0.141. The van der Waals surface area contributed by atoms with E-state index < -0.39 is 18.0 Å². The smallest absolute Gasteiger partial charge is 0.338 e. The Kier molecular flexibility index (Phi) is 6.65. The van der Waals surface area contributed by atoms with E-state index in [1.165, 1.54) is 18.7 Å². The van der Waals surface area contributed by atoms with Crippen molar-refractivity contribution in [1.82, 2.24) is 4.90 Å². The van der Waals surface area contributed by atoms with E-state index in [4.69, 9.17) is 9.47 Å². The number of nitrogens with zero attached hydrogens (tertiary/aromatic N) is 2. The summed E-state index contributed by atoms with van der Waals surface area (Å²) in [4.78, 5) is 43.4. The van der Waals surface area contributed by atoms with Crippen LogP contribution in [0.4, 0.5) is 0 Å². The molecule has 0 bridgehead atoms. The molecule has 0 spiro atoms. The van der Waals surface area contributed by atoms with Crippen molar-refractivity contribution in [1.29, 1.82) is 0 Å². The molecule has 0 N–H and O–H groups in total. The third-order valence-corrected chi connectivity index (χ3v) is 6.07. The molecule has 30 heavy (non-hydrogen) atoms. The Morgan fingerprint density at radius 2 is 1.90 bits per heavy atom. The number of carbonyl (C=O) groups excluding carboxylic acids is 3. The standard InChI is InChI=1S/C22H26N2O5S/c1-6-17-20(26)24-19(15-7-9-16(10-8-15)29-14(5)25)18(13(4)23-22(24)30-17)21(27)28-11-12(2)3/h7-10,12,17,19H,6,11H2,1-5H3. The summed E-state index contributed by atoms with van der Waals surface area (Å²) in [6.07, 6.45) is 0.670. The van der Waals surface area contributed by atoms with E-state index >= 15 is 0 Å². The van der Waals surface area contributed by atoms with Crippen molar-refractivity contribution in [2.45, 2.75) is 52.3 Å². The molecule has 2 unspecified atom stereocenters. The molecule has 7 nitrogen and oxygen atoms in total. The second-order valence-corrected chi connectivity index (χ2v) is 8.84. The Balaban J connectivity index is 2.03. The minimum atomic E-state index is -0.639. The average molecular weight is 431 g/mol. The van der Waals surface area contributed by atoms with E-state index in [0.29, 0.717) is 28.6 Å². The van der Waals surface area contributed by atoms with E-state index in [9.17, 15) is 14.4 Å². The first-order chi connectivity index (χ1) is 14.2. The zero-order valence-corrected chi connectivity index (χ0v) is 18.6. The van der Waals surface area contributed by atoms with Gasteiger partial charge in [-0.15, -0.1) is 0 Å². The minimum absolute atomic E-state index is 0.0722. The van der Waals surface area contributed by atoms with Crippen LogP contribution in [0.15, 0.2) is 40.5 Å². The fraction of sp³-hybridized carbons (Fsp3) is 0.455. The van der Waals surface area contributed by atoms with Crippen LogP contribution in [0.2, 0.25) is 0 Å². The highest BCUT2D eigenvalue weighted by molar-refractivity contribution is 8.15. The zero-order valence-electron chi connectivity index (χ0n) is 17.8. The van der Waals surface area contributed by atoms with Crippen molar-refractivity contribution in [3.05, 3.63) is 41.1 Å². The summed E-state index contributed by atoms with van der Waals surface area (Å²) in [6, 6.07) is 6.18. The van der Waals surface area contributed by atoms with Gasteiger partial charge in [0.25, 0.3) is 0 Å². The lowest BCUT2D eigenvalue weighted by Gasteiger charge is -2.33. The molecular weight excluding hydrogens is 404 g/mol. The Labute approximate surface area is 180 Å². The largest absolute Gasteiger partial charge is 0.462 e. The van der Waals surface area contributed by atoms with Crippen molar-refractivity contribution in [2.75, 3.05) is 6.61 Å². The van der Waals surface area contributed by atoms with Gasteiger partial charge in [-0.25, -0.2) is 9.79 Å². The summed E-state index contributed by atoms with van der Waals surface area (Å²) in [7, 11) is 0. The maximum Gasteiger partial charge on any atom is 0.338 e. The van der Waals surface area contributed by atoms with Crippen molar-refractivity contribution in [3.63, 3.8) is 0 Å². The van der Waals surface area contributed by atoms with Crippen molar-refractivity contribution in [3.8, 4) is 5.75 Å². The number of aliphatic imine (C=N–C) groups is 1. The van der Waals surface area contributed by atoms with Crippen LogP contribution in [-0.2, 0) is 19.1 Å². The Bertz CT molecular complexity index is 920. The molecule has 0 radical (unpaired) electrons. The van der Waals surface area contributed by atoms with Crippen LogP contribution in [0.25, 0.3) is 0 Å². The summed E-state index contributed by atoms with van der Waals surface area (Å²) in [6.45, 7) is 9.26. The molecular formula is C22H26N2O5S. The van der Waals surface area contributed by atoms with Crippen molar-refractivity contribution >= 4 is 34.8 Å². The molecule has 2 aliphatic rings. The SMILES string of the molecule is CCC1SC2=NC(C)=C(C(=O)OCC(C)C)C(c3ccc(OC(C)=O)cc3)N2C1=O. The lowest BCUT2D eigenvalue weighted by atomic mass is 9.94. The number of thioether (sulfide) groups is 1. The maximum absolute atomic E-state index is 13.1. The minimum Gasteiger partial charge on any atom is -0.462 e. The van der Waals surface area contributed by atoms with Gasteiger partial charge in [0.15, 0.2) is 5.17 Å². The van der Waals surface area contributed by atoms with Gasteiger partial charge < -0.3 is 9.47 Å². The summed E-state index contributed by atoms with van der Waals surface area (Å²) in [5, 5.41) is 0.365. The predicted molar refractivity (Wildman–Crippen MR) is 115 cm³/mol. The number of carbonyl (C=O) groups is 3. The predicted octanol–water partition coefficient (Wildman–Crippen LogP) is 3.85. The quantitative estimate of drug-likeness (QED) is 0.503. The molecule has 2 aliphatic heterocycles. The molecule has 1 fully saturated rings. The van der Waals surface area contributed by atoms with Crippen LogP contribution in [-0.4, -0.2) is 39.8 Å². The molecule has 1 aromatic rings. The summed E-state index contributed by atoms with van der Waals surface area (Å²) in [5.41, 5.74) is 1.62. The molecule has 0 aromatic heterocycles. The second kappa shape index (κ2) is 9.04. The van der Waals surface area contributed by atoms with Gasteiger partial charge >= 0.3 is 11.9 Å². The number of amides is 1. The molecule has 8 heteroatoms. The molecule has 3 rings (SSSR count). The number of hydrogen-bond donors (Lipinski definition) is 0. The molecule has 1 saturated heterocycles. The van der Waals surface area contributed by atoms with Crippen molar-refractivity contribution in [2.24, 2.45) is 10.9 Å². The van der Waals surface area contributed by atoms with Crippen molar-refractivity contribution < 1.29 is 23.9 Å². The maximum atomic E-state index is 13.1. The molecule has 1 aromatic carbocycles. The first-order valence-corrected chi connectivity index (χ1v) is 10.9. The fourth-order valence-corrected chi connectivity index (χ4v) is 4.50. The highest BCUT2D eigenvalue weighted by atomic mass is 32.2. The normalized spacial score (nSPS) is 20.9. The number of benzene rings is 1. The van der Waals surface area contributed by atoms with E-state index in [1.807, 2.05) is 20.8 Å². The number of ether oxygens (including phenoxy) is 2. The third-order valence-electron chi connectivity index (χ3n) is 4.75. The number of amidine groups is 1. The third kappa shape index (κ3) is 4.43. The molecule has 2 heterocycles. The number of esters is 2. The monoisotopic (exact) mass is 430 g/mol. The Hall–Kier alpha value is -2.61. The topological polar surface area (TPSA) is 85.3 Å². The zero-order chi connectivity index (χ0) is 22.0. The molecule has 1 amide bonds. The van der Waals surface area contributed by atoms with Gasteiger partial charge in [-0.2, -0.15) is 0 Å². The van der Waals surface area contributed by atoms with E-state index in [1.54, 1.807) is 36.1 Å². The van der Waals surface area contributed by atoms with Gasteiger partial charge in [0, 0.05) is 6.92 Å². The van der Waals surface area contributed by atoms with Gasteiger partial charge in [0.2, 0.25) is 5.91 Å². The molecule has 160 valence electrons. The Morgan fingerprint density at radius 1 is 1.23 bits per heavy atom. The van der Waals surface area contributed by atoms with Crippen LogP contribution in [0.5, 0.6) is 5.75 Å². The van der Waals surface area contributed by atoms with E-state index in [-0.39, 0.29) is 23.7 Å². The van der Waals surface area contributed by atoms with Gasteiger partial charge in [0.1, 0.15) is 5.75 Å². The van der Waals surface area contributed by atoms with Gasteiger partial charge in [-0.3, -0.25) is 14.5 Å². The number of hydrogen-bond acceptors (Lipinski definition) is 7. The molecule has 0 saturated carbocycles. The second-order valence-electron chi connectivity index (χ2n) is 7.67.